The smallest absolute Gasteiger partial charge is 0.275 e. The summed E-state index contributed by atoms with van der Waals surface area (Å²) in [5, 5.41) is 2.93. The molecule has 1 unspecified atom stereocenters. The Labute approximate surface area is 257 Å². The molecular weight excluding hydrogens is 571 g/mol. The molecule has 0 amide bonds. The quantitative estimate of drug-likeness (QED) is 0.388. The lowest BCUT2D eigenvalue weighted by atomic mass is 9.95. The number of hydrogen-bond acceptors (Lipinski definition) is 7. The Morgan fingerprint density at radius 3 is 2.20 bits per heavy atom. The predicted molar refractivity (Wildman–Crippen MR) is 168 cm³/mol. The summed E-state index contributed by atoms with van der Waals surface area (Å²) in [6.07, 6.45) is 2.11. The molecular formula is C33H42F3N5O3. The average molecular weight is 614 g/mol. The van der Waals surface area contributed by atoms with Gasteiger partial charge in [0.2, 0.25) is 0 Å². The Hall–Kier alpha value is -3.70. The van der Waals surface area contributed by atoms with Gasteiger partial charge in [-0.2, -0.15) is 0 Å². The van der Waals surface area contributed by atoms with E-state index in [-0.39, 0.29) is 24.5 Å². The highest BCUT2D eigenvalue weighted by Gasteiger charge is 2.48. The highest BCUT2D eigenvalue weighted by molar-refractivity contribution is 5.72. The third kappa shape index (κ3) is 6.12. The normalized spacial score (nSPS) is 19.2. The van der Waals surface area contributed by atoms with Crippen LogP contribution in [0.1, 0.15) is 23.1 Å². The van der Waals surface area contributed by atoms with Crippen LogP contribution in [0.15, 0.2) is 41.3 Å². The van der Waals surface area contributed by atoms with E-state index in [0.717, 1.165) is 16.7 Å². The van der Waals surface area contributed by atoms with Crippen molar-refractivity contribution in [2.45, 2.75) is 38.8 Å². The lowest BCUT2D eigenvalue weighted by Crippen LogP contribution is -2.61. The monoisotopic (exact) mass is 613 g/mol. The van der Waals surface area contributed by atoms with E-state index in [1.807, 2.05) is 34.9 Å². The molecule has 5 rings (SSSR count). The summed E-state index contributed by atoms with van der Waals surface area (Å²) in [6.45, 7) is 5.93. The highest BCUT2D eigenvalue weighted by Crippen LogP contribution is 2.39. The minimum Gasteiger partial charge on any atom is -0.496 e. The molecule has 2 fully saturated rings. The first-order valence-corrected chi connectivity index (χ1v) is 15.0. The second-order valence-corrected chi connectivity index (χ2v) is 11.8. The van der Waals surface area contributed by atoms with Crippen LogP contribution in [0, 0.1) is 19.7 Å². The first-order chi connectivity index (χ1) is 21.0. The van der Waals surface area contributed by atoms with Crippen LogP contribution in [-0.2, 0) is 13.6 Å². The number of rotatable bonds is 8. The van der Waals surface area contributed by atoms with Crippen molar-refractivity contribution in [1.82, 2.24) is 14.4 Å². The molecule has 0 radical (unpaired) electrons. The third-order valence-electron chi connectivity index (χ3n) is 9.20. The summed E-state index contributed by atoms with van der Waals surface area (Å²) in [6, 6.07) is 7.89. The number of piperidine rings is 1. The number of ether oxygens (including phenoxy) is 2. The zero-order valence-electron chi connectivity index (χ0n) is 26.3. The molecule has 3 aromatic rings. The number of alkyl halides is 2. The van der Waals surface area contributed by atoms with Gasteiger partial charge in [-0.25, -0.2) is 13.2 Å². The molecule has 1 atom stereocenters. The Morgan fingerprint density at radius 1 is 0.977 bits per heavy atom. The van der Waals surface area contributed by atoms with E-state index in [2.05, 4.69) is 5.32 Å². The van der Waals surface area contributed by atoms with Crippen LogP contribution >= 0.6 is 0 Å². The summed E-state index contributed by atoms with van der Waals surface area (Å²) < 4.78 is 59.1. The Kier molecular flexibility index (Phi) is 9.17. The molecule has 44 heavy (non-hydrogen) atoms. The van der Waals surface area contributed by atoms with Gasteiger partial charge in [0.1, 0.15) is 17.3 Å². The van der Waals surface area contributed by atoms with Crippen molar-refractivity contribution in [3.8, 4) is 22.6 Å². The van der Waals surface area contributed by atoms with Gasteiger partial charge in [-0.1, -0.05) is 0 Å². The van der Waals surface area contributed by atoms with E-state index in [1.54, 1.807) is 57.0 Å². The van der Waals surface area contributed by atoms with Crippen molar-refractivity contribution in [1.29, 1.82) is 0 Å². The maximum atomic E-state index is 15.7. The zero-order valence-corrected chi connectivity index (χ0v) is 26.3. The van der Waals surface area contributed by atoms with Crippen LogP contribution < -0.4 is 25.2 Å². The van der Waals surface area contributed by atoms with Crippen LogP contribution in [0.3, 0.4) is 0 Å². The van der Waals surface area contributed by atoms with Crippen molar-refractivity contribution < 1.29 is 22.6 Å². The van der Waals surface area contributed by atoms with Crippen molar-refractivity contribution in [2.24, 2.45) is 7.05 Å². The molecule has 0 bridgehead atoms. The van der Waals surface area contributed by atoms with Crippen LogP contribution in [0.2, 0.25) is 0 Å². The molecule has 3 heterocycles. The summed E-state index contributed by atoms with van der Waals surface area (Å²) in [5.74, 6) is -2.16. The summed E-state index contributed by atoms with van der Waals surface area (Å²) in [4.78, 5) is 18.0. The number of halogens is 3. The molecule has 0 aliphatic carbocycles. The molecule has 1 aromatic heterocycles. The van der Waals surface area contributed by atoms with E-state index >= 15 is 8.78 Å². The van der Waals surface area contributed by atoms with E-state index in [1.165, 1.54) is 6.07 Å². The molecule has 2 aliphatic rings. The second kappa shape index (κ2) is 12.7. The molecule has 11 heteroatoms. The molecule has 2 saturated heterocycles. The minimum atomic E-state index is -2.93. The van der Waals surface area contributed by atoms with Gasteiger partial charge in [0, 0.05) is 76.4 Å². The number of aromatic nitrogens is 1. The Morgan fingerprint density at radius 2 is 1.64 bits per heavy atom. The van der Waals surface area contributed by atoms with Gasteiger partial charge in [0.25, 0.3) is 11.5 Å². The number of piperazine rings is 1. The fourth-order valence-electron chi connectivity index (χ4n) is 6.56. The van der Waals surface area contributed by atoms with Gasteiger partial charge in [0.05, 0.1) is 38.1 Å². The zero-order chi connectivity index (χ0) is 31.8. The maximum Gasteiger partial charge on any atom is 0.275 e. The fourth-order valence-corrected chi connectivity index (χ4v) is 6.56. The van der Waals surface area contributed by atoms with Crippen LogP contribution in [-0.4, -0.2) is 86.9 Å². The summed E-state index contributed by atoms with van der Waals surface area (Å²) in [7, 11) is 6.57. The molecule has 8 nitrogen and oxygen atoms in total. The van der Waals surface area contributed by atoms with Crippen LogP contribution in [0.25, 0.3) is 11.1 Å². The summed E-state index contributed by atoms with van der Waals surface area (Å²) >= 11 is 0. The number of aryl methyl sites for hydroxylation is 1. The maximum absolute atomic E-state index is 15.7. The molecule has 0 spiro atoms. The van der Waals surface area contributed by atoms with Gasteiger partial charge in [-0.15, -0.1) is 0 Å². The number of benzene rings is 2. The summed E-state index contributed by atoms with van der Waals surface area (Å²) in [5.41, 5.74) is 5.06. The van der Waals surface area contributed by atoms with E-state index in [4.69, 9.17) is 9.47 Å². The number of methoxy groups -OCH3 is 2. The highest BCUT2D eigenvalue weighted by atomic mass is 19.3. The predicted octanol–water partition coefficient (Wildman–Crippen LogP) is 4.90. The first-order valence-electron chi connectivity index (χ1n) is 15.0. The average Bonchev–Trinajstić information content (AvgIpc) is 3.01. The molecule has 0 saturated carbocycles. The van der Waals surface area contributed by atoms with E-state index < -0.39 is 12.0 Å². The standard InChI is InChI=1S/C33H42F3N5O3/c1-21-22(2)32(42)38(4)18-25(21)23-15-29(43-5)26(30(16-23)44-6)19-39-10-9-31(33(35,36)20-39)41-13-11-40(12-14-41)28-8-7-24(37-3)17-27(28)34/h7-8,15-18,31,37H,9-14,19-20H2,1-6H3. The number of likely N-dealkylation sites (tertiary alicyclic amines) is 1. The lowest BCUT2D eigenvalue weighted by molar-refractivity contribution is -0.129. The van der Waals surface area contributed by atoms with Gasteiger partial charge >= 0.3 is 0 Å². The van der Waals surface area contributed by atoms with Crippen LogP contribution in [0.4, 0.5) is 24.5 Å². The largest absolute Gasteiger partial charge is 0.496 e. The van der Waals surface area contributed by atoms with Gasteiger partial charge in [-0.3, -0.25) is 14.6 Å². The number of pyridine rings is 1. The SMILES string of the molecule is CNc1ccc(N2CCN(C3CCN(Cc4c(OC)cc(-c5cn(C)c(=O)c(C)c5C)cc4OC)CC3(F)F)CC2)c(F)c1. The van der Waals surface area contributed by atoms with Gasteiger partial charge in [0.15, 0.2) is 0 Å². The number of nitrogens with zero attached hydrogens (tertiary/aromatic N) is 4. The fraction of sp³-hybridized carbons (Fsp3) is 0.485. The third-order valence-corrected chi connectivity index (χ3v) is 9.20. The second-order valence-electron chi connectivity index (χ2n) is 11.8. The number of nitrogens with one attached hydrogen (secondary N) is 1. The molecule has 2 aliphatic heterocycles. The Bertz CT molecular complexity index is 1540. The molecule has 238 valence electrons. The molecule has 2 aromatic carbocycles. The van der Waals surface area contributed by atoms with Crippen molar-refractivity contribution in [3.05, 3.63) is 69.4 Å². The number of hydrogen-bond donors (Lipinski definition) is 1. The van der Waals surface area contributed by atoms with E-state index in [0.29, 0.717) is 73.1 Å². The Balaban J connectivity index is 1.29. The minimum absolute atomic E-state index is 0.0543. The lowest BCUT2D eigenvalue weighted by Gasteiger charge is -2.46. The van der Waals surface area contributed by atoms with E-state index in [9.17, 15) is 9.18 Å². The van der Waals surface area contributed by atoms with Gasteiger partial charge in [-0.05, 0) is 61.7 Å². The van der Waals surface area contributed by atoms with Crippen LogP contribution in [0.5, 0.6) is 11.5 Å². The first kappa shape index (κ1) is 31.7. The van der Waals surface area contributed by atoms with Crippen molar-refractivity contribution >= 4 is 11.4 Å². The molecule has 1 N–H and O–H groups in total. The van der Waals surface area contributed by atoms with Crippen molar-refractivity contribution in [3.63, 3.8) is 0 Å². The topological polar surface area (TPSA) is 62.2 Å². The number of anilines is 2. The van der Waals surface area contributed by atoms with Crippen molar-refractivity contribution in [2.75, 3.05) is 70.8 Å². The van der Waals surface area contributed by atoms with Gasteiger partial charge < -0.3 is 24.3 Å².